The molecule has 0 aromatic heterocycles. The molecule has 0 rings (SSSR count). The van der Waals surface area contributed by atoms with Crippen LogP contribution >= 0.6 is 0 Å². The number of ketones is 4. The van der Waals surface area contributed by atoms with Gasteiger partial charge in [0.2, 0.25) is 0 Å². The maximum Gasteiger partial charge on any atom is 0.314 e. The molecule has 0 aliphatic rings. The highest BCUT2D eigenvalue weighted by Gasteiger charge is 2.21. The Kier molecular flexibility index (Phi) is 29.5. The predicted octanol–water partition coefficient (Wildman–Crippen LogP) is 1.56. The number of hydrogen-bond donors (Lipinski definition) is 4. The van der Waals surface area contributed by atoms with E-state index in [9.17, 15) is 38.4 Å². The van der Waals surface area contributed by atoms with Crippen molar-refractivity contribution >= 4 is 64.4 Å². The second kappa shape index (κ2) is 24.8. The SMILES string of the molecule is CCC(C(C)=O)C(=O)O.CCC(C(C)=O)C(=O)O.CCC(C(C)=O)C(=O)O.CCC(C(C)=O)C(=O)O.[AlH3]. The van der Waals surface area contributed by atoms with Gasteiger partial charge in [-0.1, -0.05) is 27.7 Å². The van der Waals surface area contributed by atoms with Gasteiger partial charge >= 0.3 is 23.9 Å². The van der Waals surface area contributed by atoms with Gasteiger partial charge in [0.05, 0.1) is 0 Å². The van der Waals surface area contributed by atoms with Crippen LogP contribution in [0.1, 0.15) is 81.1 Å². The first-order valence-corrected chi connectivity index (χ1v) is 11.3. The Morgan fingerprint density at radius 3 is 0.514 bits per heavy atom. The molecule has 0 bridgehead atoms. The summed E-state index contributed by atoms with van der Waals surface area (Å²) >= 11 is 0. The molecule has 4 atom stereocenters. The van der Waals surface area contributed by atoms with Crippen LogP contribution in [0.5, 0.6) is 0 Å². The fourth-order valence-electron chi connectivity index (χ4n) is 2.54. The number of hydrogen-bond acceptors (Lipinski definition) is 8. The zero-order valence-corrected chi connectivity index (χ0v) is 22.2. The molecule has 0 aromatic carbocycles. The molecule has 0 spiro atoms. The second-order valence-electron chi connectivity index (χ2n) is 7.64. The van der Waals surface area contributed by atoms with Crippen LogP contribution in [0.2, 0.25) is 0 Å². The Hall–Kier alpha value is -2.91. The largest absolute Gasteiger partial charge is 0.481 e. The number of carboxylic acids is 4. The summed E-state index contributed by atoms with van der Waals surface area (Å²) in [6, 6.07) is 0. The molecule has 0 saturated carbocycles. The average molecular weight is 551 g/mol. The maximum absolute atomic E-state index is 10.4. The Morgan fingerprint density at radius 2 is 0.514 bits per heavy atom. The van der Waals surface area contributed by atoms with Gasteiger partial charge in [0, 0.05) is 0 Å². The number of carboxylic acid groups (broad SMARTS) is 4. The fourth-order valence-corrected chi connectivity index (χ4v) is 2.54. The Labute approximate surface area is 227 Å². The lowest BCUT2D eigenvalue weighted by molar-refractivity contribution is -0.147. The van der Waals surface area contributed by atoms with E-state index in [0.29, 0.717) is 25.7 Å². The van der Waals surface area contributed by atoms with Crippen LogP contribution in [0.15, 0.2) is 0 Å². The third-order valence-electron chi connectivity index (χ3n) is 4.79. The van der Waals surface area contributed by atoms with Crippen LogP contribution in [0.25, 0.3) is 0 Å². The van der Waals surface area contributed by atoms with Crippen LogP contribution < -0.4 is 0 Å². The molecule has 0 radical (unpaired) electrons. The minimum Gasteiger partial charge on any atom is -0.481 e. The monoisotopic (exact) mass is 550 g/mol. The fraction of sp³-hybridized carbons (Fsp3) is 0.667. The van der Waals surface area contributed by atoms with Crippen LogP contribution in [-0.4, -0.2) is 84.8 Å². The van der Waals surface area contributed by atoms with Crippen molar-refractivity contribution in [1.29, 1.82) is 0 Å². The van der Waals surface area contributed by atoms with Crippen LogP contribution in [0.4, 0.5) is 0 Å². The van der Waals surface area contributed by atoms with E-state index in [1.54, 1.807) is 27.7 Å². The van der Waals surface area contributed by atoms with E-state index in [4.69, 9.17) is 20.4 Å². The summed E-state index contributed by atoms with van der Waals surface area (Å²) in [6.45, 7) is 11.9. The van der Waals surface area contributed by atoms with Crippen molar-refractivity contribution in [3.05, 3.63) is 0 Å². The highest BCUT2D eigenvalue weighted by Crippen LogP contribution is 2.04. The molecular formula is C24H43AlO12. The van der Waals surface area contributed by atoms with E-state index in [0.717, 1.165) is 0 Å². The van der Waals surface area contributed by atoms with Crippen molar-refractivity contribution in [2.75, 3.05) is 0 Å². The van der Waals surface area contributed by atoms with Gasteiger partial charge < -0.3 is 20.4 Å². The van der Waals surface area contributed by atoms with Crippen LogP contribution in [-0.2, 0) is 38.4 Å². The van der Waals surface area contributed by atoms with Crippen LogP contribution in [0, 0.1) is 23.7 Å². The molecule has 37 heavy (non-hydrogen) atoms. The molecule has 0 heterocycles. The molecule has 12 nitrogen and oxygen atoms in total. The first kappa shape index (κ1) is 44.1. The normalized spacial score (nSPS) is 12.3. The Morgan fingerprint density at radius 1 is 0.405 bits per heavy atom. The number of Topliss-reactive ketones (excluding diaryl/α,β-unsaturated/α-hetero) is 4. The van der Waals surface area contributed by atoms with E-state index in [-0.39, 0.29) is 40.5 Å². The number of carbonyl (C=O) groups is 8. The van der Waals surface area contributed by atoms with E-state index in [2.05, 4.69) is 0 Å². The zero-order chi connectivity index (χ0) is 29.8. The summed E-state index contributed by atoms with van der Waals surface area (Å²) in [5, 5.41) is 33.3. The van der Waals surface area contributed by atoms with Crippen molar-refractivity contribution in [3.8, 4) is 0 Å². The number of carbonyl (C=O) groups excluding carboxylic acids is 4. The molecule has 214 valence electrons. The van der Waals surface area contributed by atoms with Gasteiger partial charge in [0.1, 0.15) is 46.8 Å². The zero-order valence-electron chi connectivity index (χ0n) is 22.2. The molecule has 0 aromatic rings. The Balaban J connectivity index is -0.000000122. The molecule has 0 aliphatic heterocycles. The van der Waals surface area contributed by atoms with Gasteiger partial charge in [-0.3, -0.25) is 38.4 Å². The molecule has 0 amide bonds. The summed E-state index contributed by atoms with van der Waals surface area (Å²) in [7, 11) is 0. The standard InChI is InChI=1S/4C6H10O3.Al.3H/c4*1-3-5(4(2)7)6(8)9;;;;/h4*5H,3H2,1-2H3,(H,8,9);;;;. The average Bonchev–Trinajstić information content (AvgIpc) is 2.69. The van der Waals surface area contributed by atoms with Crippen molar-refractivity contribution in [3.63, 3.8) is 0 Å². The smallest absolute Gasteiger partial charge is 0.314 e. The van der Waals surface area contributed by atoms with Gasteiger partial charge in [0.25, 0.3) is 0 Å². The molecule has 0 fully saturated rings. The van der Waals surface area contributed by atoms with E-state index >= 15 is 0 Å². The third-order valence-corrected chi connectivity index (χ3v) is 4.79. The summed E-state index contributed by atoms with van der Waals surface area (Å²) in [6.07, 6.45) is 1.52. The lowest BCUT2D eigenvalue weighted by atomic mass is 10.0. The lowest BCUT2D eigenvalue weighted by Crippen LogP contribution is -2.19. The van der Waals surface area contributed by atoms with Gasteiger partial charge in [-0.2, -0.15) is 0 Å². The first-order valence-electron chi connectivity index (χ1n) is 11.3. The van der Waals surface area contributed by atoms with E-state index in [1.807, 2.05) is 0 Å². The molecule has 0 saturated heterocycles. The summed E-state index contributed by atoms with van der Waals surface area (Å²) in [5.41, 5.74) is 0. The first-order chi connectivity index (χ1) is 16.4. The maximum atomic E-state index is 10.4. The van der Waals surface area contributed by atoms with E-state index < -0.39 is 47.5 Å². The van der Waals surface area contributed by atoms with Crippen molar-refractivity contribution < 1.29 is 58.8 Å². The lowest BCUT2D eigenvalue weighted by Gasteiger charge is -2.01. The molecule has 13 heteroatoms. The second-order valence-corrected chi connectivity index (χ2v) is 7.64. The Bertz CT molecular complexity index is 592. The van der Waals surface area contributed by atoms with Gasteiger partial charge in [0.15, 0.2) is 17.4 Å². The minimum atomic E-state index is -1.02. The third kappa shape index (κ3) is 23.3. The number of rotatable bonds is 12. The predicted molar refractivity (Wildman–Crippen MR) is 138 cm³/mol. The molecule has 4 N–H and O–H groups in total. The minimum absolute atomic E-state index is 0. The van der Waals surface area contributed by atoms with Gasteiger partial charge in [-0.25, -0.2) is 0 Å². The summed E-state index contributed by atoms with van der Waals surface area (Å²) in [5.74, 6) is -8.39. The number of aliphatic carboxylic acids is 4. The molecular weight excluding hydrogens is 507 g/mol. The molecule has 0 aliphatic carbocycles. The van der Waals surface area contributed by atoms with Gasteiger partial charge in [-0.05, 0) is 53.4 Å². The van der Waals surface area contributed by atoms with E-state index in [1.165, 1.54) is 27.7 Å². The summed E-state index contributed by atoms with van der Waals surface area (Å²) in [4.78, 5) is 82.3. The van der Waals surface area contributed by atoms with Crippen molar-refractivity contribution in [2.45, 2.75) is 81.1 Å². The van der Waals surface area contributed by atoms with Crippen molar-refractivity contribution in [1.82, 2.24) is 0 Å². The van der Waals surface area contributed by atoms with Crippen molar-refractivity contribution in [2.24, 2.45) is 23.7 Å². The highest BCUT2D eigenvalue weighted by atomic mass is 27.0. The topological polar surface area (TPSA) is 217 Å². The molecule has 4 unspecified atom stereocenters. The highest BCUT2D eigenvalue weighted by molar-refractivity contribution is 5.98. The summed E-state index contributed by atoms with van der Waals surface area (Å²) < 4.78 is 0. The van der Waals surface area contributed by atoms with Gasteiger partial charge in [-0.15, -0.1) is 0 Å². The quantitative estimate of drug-likeness (QED) is 0.201. The van der Waals surface area contributed by atoms with Crippen LogP contribution in [0.3, 0.4) is 0 Å².